The Labute approximate surface area is 198 Å². The Morgan fingerprint density at radius 1 is 1.24 bits per heavy atom. The molecule has 0 spiro atoms. The van der Waals surface area contributed by atoms with Crippen molar-refractivity contribution in [2.75, 3.05) is 55.2 Å². The number of anilines is 2. The number of ether oxygens (including phenoxy) is 1. The number of carbonyl (C=O) groups excluding carboxylic acids is 1. The van der Waals surface area contributed by atoms with E-state index in [1.165, 1.54) is 22.5 Å². The number of sulfonamides is 1. The van der Waals surface area contributed by atoms with E-state index in [4.69, 9.17) is 16.3 Å². The summed E-state index contributed by atoms with van der Waals surface area (Å²) in [6.07, 6.45) is 3.89. The van der Waals surface area contributed by atoms with Crippen molar-refractivity contribution >= 4 is 39.2 Å². The Morgan fingerprint density at radius 2 is 2.03 bits per heavy atom. The van der Waals surface area contributed by atoms with Crippen LogP contribution in [-0.4, -0.2) is 91.8 Å². The number of nitrogens with zero attached hydrogens (tertiary/aromatic N) is 5. The van der Waals surface area contributed by atoms with E-state index in [1.807, 2.05) is 6.07 Å². The molecule has 3 aliphatic heterocycles. The first-order valence-corrected chi connectivity index (χ1v) is 13.2. The van der Waals surface area contributed by atoms with Crippen molar-refractivity contribution in [2.45, 2.75) is 25.1 Å². The second-order valence-electron chi connectivity index (χ2n) is 8.85. The van der Waals surface area contributed by atoms with Gasteiger partial charge in [0.1, 0.15) is 0 Å². The maximum absolute atomic E-state index is 12.7. The number of nitrogens with one attached hydrogen (secondary N) is 1. The minimum absolute atomic E-state index is 0.126. The Kier molecular flexibility index (Phi) is 5.98. The Hall–Kier alpha value is -2.34. The van der Waals surface area contributed by atoms with Gasteiger partial charge in [0.25, 0.3) is 0 Å². The lowest BCUT2D eigenvalue weighted by Crippen LogP contribution is -2.49. The highest BCUT2D eigenvalue weighted by Crippen LogP contribution is 2.37. The van der Waals surface area contributed by atoms with Crippen LogP contribution in [0.5, 0.6) is 0 Å². The highest BCUT2D eigenvalue weighted by atomic mass is 35.5. The van der Waals surface area contributed by atoms with E-state index >= 15 is 0 Å². The standard InChI is InChI=1S/C21H27ClN6O4S/c1-33(30,31)24-20-4-5-28(23-20)21(29)26-8-6-25(7-9-26)12-15-2-3-18(22)19(10-15)27-13-17-11-16(27)14-32-17/h2-5,10,16-17H,6-9,11-14H2,1H3,(H,23,24)/t16-,17-/m1/s1. The fraction of sp³-hybridized carbons (Fsp3) is 0.524. The van der Waals surface area contributed by atoms with Gasteiger partial charge in [-0.05, 0) is 24.1 Å². The fourth-order valence-corrected chi connectivity index (χ4v) is 5.46. The van der Waals surface area contributed by atoms with E-state index in [1.54, 1.807) is 4.90 Å². The first kappa shape index (κ1) is 22.5. The van der Waals surface area contributed by atoms with Crippen molar-refractivity contribution < 1.29 is 17.9 Å². The Bertz CT molecular complexity index is 1150. The number of piperazine rings is 1. The van der Waals surface area contributed by atoms with Gasteiger partial charge in [0.15, 0.2) is 5.82 Å². The number of halogens is 1. The lowest BCUT2D eigenvalue weighted by atomic mass is 10.1. The maximum Gasteiger partial charge on any atom is 0.344 e. The summed E-state index contributed by atoms with van der Waals surface area (Å²) in [5.41, 5.74) is 2.28. The van der Waals surface area contributed by atoms with Gasteiger partial charge in [-0.1, -0.05) is 17.7 Å². The zero-order valence-corrected chi connectivity index (χ0v) is 19.9. The van der Waals surface area contributed by atoms with Gasteiger partial charge in [0.2, 0.25) is 10.0 Å². The first-order valence-electron chi connectivity index (χ1n) is 11.0. The number of hydrogen-bond donors (Lipinski definition) is 1. The van der Waals surface area contributed by atoms with Crippen molar-refractivity contribution in [1.29, 1.82) is 0 Å². The van der Waals surface area contributed by atoms with Gasteiger partial charge in [-0.15, -0.1) is 5.10 Å². The Morgan fingerprint density at radius 3 is 2.70 bits per heavy atom. The molecule has 0 radical (unpaired) electrons. The summed E-state index contributed by atoms with van der Waals surface area (Å²) in [6.45, 7) is 5.06. The van der Waals surface area contributed by atoms with E-state index in [0.717, 1.165) is 56.2 Å². The molecule has 33 heavy (non-hydrogen) atoms. The van der Waals surface area contributed by atoms with Gasteiger partial charge in [-0.25, -0.2) is 13.2 Å². The van der Waals surface area contributed by atoms with Crippen LogP contribution in [0.3, 0.4) is 0 Å². The molecule has 178 valence electrons. The largest absolute Gasteiger partial charge is 0.374 e. The zero-order chi connectivity index (χ0) is 23.2. The average molecular weight is 495 g/mol. The van der Waals surface area contributed by atoms with E-state index in [0.29, 0.717) is 25.2 Å². The van der Waals surface area contributed by atoms with Gasteiger partial charge < -0.3 is 14.5 Å². The third kappa shape index (κ3) is 4.96. The maximum atomic E-state index is 12.7. The van der Waals surface area contributed by atoms with E-state index < -0.39 is 10.0 Å². The number of fused-ring (bicyclic) bond motifs is 2. The summed E-state index contributed by atoms with van der Waals surface area (Å²) in [5.74, 6) is 0.126. The summed E-state index contributed by atoms with van der Waals surface area (Å²) in [4.78, 5) is 19.1. The van der Waals surface area contributed by atoms with E-state index in [2.05, 4.69) is 31.8 Å². The predicted molar refractivity (Wildman–Crippen MR) is 125 cm³/mol. The smallest absolute Gasteiger partial charge is 0.344 e. The molecule has 1 aromatic heterocycles. The SMILES string of the molecule is CS(=O)(=O)Nc1ccn(C(=O)N2CCN(Cc3ccc(Cl)c(N4C[C@H]5C[C@@H]4CO5)c3)CC2)n1. The molecule has 1 amide bonds. The molecular weight excluding hydrogens is 468 g/mol. The van der Waals surface area contributed by atoms with Crippen molar-refractivity contribution in [1.82, 2.24) is 19.6 Å². The molecule has 12 heteroatoms. The molecule has 3 fully saturated rings. The third-order valence-electron chi connectivity index (χ3n) is 6.34. The van der Waals surface area contributed by atoms with Gasteiger partial charge in [0, 0.05) is 51.5 Å². The topological polar surface area (TPSA) is 100 Å². The number of benzene rings is 1. The lowest BCUT2D eigenvalue weighted by Gasteiger charge is -2.35. The van der Waals surface area contributed by atoms with Gasteiger partial charge in [0.05, 0.1) is 35.7 Å². The molecular formula is C21H27ClN6O4S. The number of rotatable bonds is 5. The summed E-state index contributed by atoms with van der Waals surface area (Å²) >= 11 is 6.52. The molecule has 3 aliphatic rings. The number of aromatic nitrogens is 2. The minimum atomic E-state index is -3.44. The number of carbonyl (C=O) groups is 1. The van der Waals surface area contributed by atoms with Gasteiger partial charge in [-0.3, -0.25) is 9.62 Å². The molecule has 2 aromatic rings. The Balaban J connectivity index is 1.17. The van der Waals surface area contributed by atoms with E-state index in [-0.39, 0.29) is 11.8 Å². The van der Waals surface area contributed by atoms with E-state index in [9.17, 15) is 13.2 Å². The van der Waals surface area contributed by atoms with Crippen molar-refractivity contribution in [3.05, 3.63) is 41.0 Å². The molecule has 2 atom stereocenters. The van der Waals surface area contributed by atoms with Crippen molar-refractivity contribution in [3.63, 3.8) is 0 Å². The summed E-state index contributed by atoms with van der Waals surface area (Å²) in [6, 6.07) is 7.82. The van der Waals surface area contributed by atoms with Gasteiger partial charge in [-0.2, -0.15) is 4.68 Å². The summed E-state index contributed by atoms with van der Waals surface area (Å²) in [5, 5.41) is 4.79. The molecule has 10 nitrogen and oxygen atoms in total. The summed E-state index contributed by atoms with van der Waals surface area (Å²) < 4.78 is 31.8. The van der Waals surface area contributed by atoms with Crippen LogP contribution >= 0.6 is 11.6 Å². The van der Waals surface area contributed by atoms with Crippen LogP contribution in [0.1, 0.15) is 12.0 Å². The molecule has 0 saturated carbocycles. The molecule has 1 N–H and O–H groups in total. The highest BCUT2D eigenvalue weighted by Gasteiger charge is 2.39. The molecule has 3 saturated heterocycles. The van der Waals surface area contributed by atoms with Gasteiger partial charge >= 0.3 is 6.03 Å². The minimum Gasteiger partial charge on any atom is -0.374 e. The lowest BCUT2D eigenvalue weighted by molar-refractivity contribution is 0.0991. The van der Waals surface area contributed by atoms with Crippen molar-refractivity contribution in [3.8, 4) is 0 Å². The van der Waals surface area contributed by atoms with Crippen LogP contribution in [0, 0.1) is 0 Å². The average Bonchev–Trinajstić information content (AvgIpc) is 3.51. The van der Waals surface area contributed by atoms with Crippen LogP contribution in [-0.2, 0) is 21.3 Å². The number of hydrogen-bond acceptors (Lipinski definition) is 7. The zero-order valence-electron chi connectivity index (χ0n) is 18.4. The molecule has 5 rings (SSSR count). The summed E-state index contributed by atoms with van der Waals surface area (Å²) in [7, 11) is -3.44. The van der Waals surface area contributed by atoms with Crippen LogP contribution < -0.4 is 9.62 Å². The monoisotopic (exact) mass is 494 g/mol. The fourth-order valence-electron chi connectivity index (χ4n) is 4.75. The third-order valence-corrected chi connectivity index (χ3v) is 7.24. The molecule has 4 heterocycles. The van der Waals surface area contributed by atoms with Crippen LogP contribution in [0.2, 0.25) is 5.02 Å². The second-order valence-corrected chi connectivity index (χ2v) is 11.0. The van der Waals surface area contributed by atoms with Crippen LogP contribution in [0.4, 0.5) is 16.3 Å². The highest BCUT2D eigenvalue weighted by molar-refractivity contribution is 7.92. The van der Waals surface area contributed by atoms with Crippen LogP contribution in [0.15, 0.2) is 30.5 Å². The number of amides is 1. The molecule has 2 bridgehead atoms. The molecule has 1 aromatic carbocycles. The quantitative estimate of drug-likeness (QED) is 0.674. The first-order chi connectivity index (χ1) is 15.7. The molecule has 0 aliphatic carbocycles. The normalized spacial score (nSPS) is 23.3. The van der Waals surface area contributed by atoms with Crippen LogP contribution in [0.25, 0.3) is 0 Å². The predicted octanol–water partition coefficient (Wildman–Crippen LogP) is 1.67. The second kappa shape index (κ2) is 8.79. The molecule has 0 unspecified atom stereocenters. The van der Waals surface area contributed by atoms with Crippen molar-refractivity contribution in [2.24, 2.45) is 0 Å². The number of morpholine rings is 1.